The number of benzene rings is 3. The van der Waals surface area contributed by atoms with E-state index in [2.05, 4.69) is 5.32 Å². The maximum Gasteiger partial charge on any atom is 0.254 e. The van der Waals surface area contributed by atoms with Crippen LogP contribution in [-0.4, -0.2) is 28.5 Å². The molecule has 3 aromatic rings. The van der Waals surface area contributed by atoms with E-state index in [1.54, 1.807) is 0 Å². The highest BCUT2D eigenvalue weighted by atomic mass is 32.2. The zero-order valence-corrected chi connectivity index (χ0v) is 19.1. The summed E-state index contributed by atoms with van der Waals surface area (Å²) >= 11 is 1.48. The minimum absolute atomic E-state index is 0.00160. The number of carbonyl (C=O) groups excluding carboxylic acids is 2. The van der Waals surface area contributed by atoms with Gasteiger partial charge in [-0.15, -0.1) is 11.8 Å². The molecular weight excluding hydrogens is 423 g/mol. The lowest BCUT2D eigenvalue weighted by atomic mass is 10.1. The Morgan fingerprint density at radius 1 is 0.906 bits per heavy atom. The molecule has 3 rings (SSSR count). The van der Waals surface area contributed by atoms with Crippen molar-refractivity contribution < 1.29 is 14.0 Å². The van der Waals surface area contributed by atoms with Crippen LogP contribution in [0, 0.1) is 5.82 Å². The van der Waals surface area contributed by atoms with Crippen LogP contribution in [0.5, 0.6) is 0 Å². The Hall–Kier alpha value is -3.12. The number of hydrogen-bond acceptors (Lipinski definition) is 3. The van der Waals surface area contributed by atoms with Gasteiger partial charge in [-0.25, -0.2) is 4.39 Å². The summed E-state index contributed by atoms with van der Waals surface area (Å²) < 4.78 is 12.9. The molecule has 0 saturated carbocycles. The van der Waals surface area contributed by atoms with E-state index in [0.29, 0.717) is 23.5 Å². The number of nitrogens with one attached hydrogen (secondary N) is 1. The van der Waals surface area contributed by atoms with Crippen LogP contribution in [0.2, 0.25) is 0 Å². The van der Waals surface area contributed by atoms with Crippen LogP contribution in [0.4, 0.5) is 10.1 Å². The lowest BCUT2D eigenvalue weighted by Crippen LogP contribution is -2.36. The van der Waals surface area contributed by atoms with E-state index in [-0.39, 0.29) is 29.4 Å². The second kappa shape index (κ2) is 11.5. The smallest absolute Gasteiger partial charge is 0.254 e. The molecule has 4 nitrogen and oxygen atoms in total. The van der Waals surface area contributed by atoms with Crippen molar-refractivity contribution in [2.45, 2.75) is 32.2 Å². The van der Waals surface area contributed by atoms with Gasteiger partial charge in [0.05, 0.1) is 5.75 Å². The quantitative estimate of drug-likeness (QED) is 0.452. The van der Waals surface area contributed by atoms with E-state index >= 15 is 0 Å². The van der Waals surface area contributed by atoms with Crippen molar-refractivity contribution in [2.75, 3.05) is 11.1 Å². The van der Waals surface area contributed by atoms with Crippen LogP contribution in [0.25, 0.3) is 0 Å². The summed E-state index contributed by atoms with van der Waals surface area (Å²) in [5.74, 6) is 0.471. The molecule has 0 atom stereocenters. The molecule has 32 heavy (non-hydrogen) atoms. The van der Waals surface area contributed by atoms with Crippen LogP contribution in [0.15, 0.2) is 78.9 Å². The van der Waals surface area contributed by atoms with E-state index in [4.69, 9.17) is 0 Å². The number of thioether (sulfide) groups is 1. The summed E-state index contributed by atoms with van der Waals surface area (Å²) in [6, 6.07) is 23.3. The zero-order chi connectivity index (χ0) is 22.9. The second-order valence-corrected chi connectivity index (χ2v) is 8.74. The summed E-state index contributed by atoms with van der Waals surface area (Å²) in [6.45, 7) is 4.60. The van der Waals surface area contributed by atoms with Crippen molar-refractivity contribution >= 4 is 29.3 Å². The Bertz CT molecular complexity index is 1020. The summed E-state index contributed by atoms with van der Waals surface area (Å²) in [5.41, 5.74) is 3.37. The topological polar surface area (TPSA) is 49.4 Å². The maximum atomic E-state index is 13.0. The second-order valence-electron chi connectivity index (χ2n) is 7.76. The third kappa shape index (κ3) is 6.95. The number of carbonyl (C=O) groups is 2. The average molecular weight is 451 g/mol. The van der Waals surface area contributed by atoms with Crippen LogP contribution in [0.3, 0.4) is 0 Å². The monoisotopic (exact) mass is 450 g/mol. The Morgan fingerprint density at radius 2 is 1.56 bits per heavy atom. The van der Waals surface area contributed by atoms with Gasteiger partial charge in [0.25, 0.3) is 5.91 Å². The molecule has 0 radical (unpaired) electrons. The maximum absolute atomic E-state index is 13.0. The molecule has 0 aliphatic rings. The van der Waals surface area contributed by atoms with Gasteiger partial charge in [-0.1, -0.05) is 42.5 Å². The SMILES string of the molecule is CC(C)N(Cc1ccccc1)C(=O)c1ccc(CSCC(=O)Nc2ccc(F)cc2)cc1. The molecule has 0 unspecified atom stereocenters. The first-order chi connectivity index (χ1) is 15.4. The summed E-state index contributed by atoms with van der Waals surface area (Å²) in [7, 11) is 0. The predicted molar refractivity (Wildman–Crippen MR) is 129 cm³/mol. The van der Waals surface area contributed by atoms with Gasteiger partial charge in [-0.3, -0.25) is 9.59 Å². The minimum Gasteiger partial charge on any atom is -0.332 e. The first-order valence-electron chi connectivity index (χ1n) is 10.5. The van der Waals surface area contributed by atoms with E-state index in [1.165, 1.54) is 36.0 Å². The first kappa shape index (κ1) is 23.5. The molecule has 0 spiro atoms. The van der Waals surface area contributed by atoms with Crippen LogP contribution in [-0.2, 0) is 17.1 Å². The van der Waals surface area contributed by atoms with Gasteiger partial charge in [0.2, 0.25) is 5.91 Å². The van der Waals surface area contributed by atoms with E-state index in [1.807, 2.05) is 73.3 Å². The van der Waals surface area contributed by atoms with Gasteiger partial charge in [-0.05, 0) is 61.4 Å². The molecule has 0 saturated heterocycles. The van der Waals surface area contributed by atoms with Crippen LogP contribution >= 0.6 is 11.8 Å². The fourth-order valence-electron chi connectivity index (χ4n) is 3.17. The highest BCUT2D eigenvalue weighted by molar-refractivity contribution is 7.99. The lowest BCUT2D eigenvalue weighted by molar-refractivity contribution is -0.113. The molecule has 1 N–H and O–H groups in total. The third-order valence-corrected chi connectivity index (χ3v) is 5.91. The summed E-state index contributed by atoms with van der Waals surface area (Å²) in [6.07, 6.45) is 0. The number of nitrogens with zero attached hydrogens (tertiary/aromatic N) is 1. The first-order valence-corrected chi connectivity index (χ1v) is 11.6. The van der Waals surface area contributed by atoms with Crippen molar-refractivity contribution in [3.63, 3.8) is 0 Å². The molecular formula is C26H27FN2O2S. The van der Waals surface area contributed by atoms with Gasteiger partial charge >= 0.3 is 0 Å². The minimum atomic E-state index is -0.337. The standard InChI is InChI=1S/C26H27FN2O2S/c1-19(2)29(16-20-6-4-3-5-7-20)26(31)22-10-8-21(9-11-22)17-32-18-25(30)28-24-14-12-23(27)13-15-24/h3-15,19H,16-18H2,1-2H3,(H,28,30). The van der Waals surface area contributed by atoms with Crippen LogP contribution < -0.4 is 5.32 Å². The Balaban J connectivity index is 1.51. The molecule has 0 aromatic heterocycles. The number of rotatable bonds is 9. The molecule has 6 heteroatoms. The van der Waals surface area contributed by atoms with Crippen LogP contribution in [0.1, 0.15) is 35.3 Å². The van der Waals surface area contributed by atoms with Crippen molar-refractivity contribution in [2.24, 2.45) is 0 Å². The number of anilines is 1. The Kier molecular flexibility index (Phi) is 8.45. The van der Waals surface area contributed by atoms with E-state index in [0.717, 1.165) is 11.1 Å². The van der Waals surface area contributed by atoms with Gasteiger partial charge in [0.15, 0.2) is 0 Å². The van der Waals surface area contributed by atoms with Gasteiger partial charge < -0.3 is 10.2 Å². The van der Waals surface area contributed by atoms with E-state index < -0.39 is 0 Å². The van der Waals surface area contributed by atoms with Gasteiger partial charge in [0, 0.05) is 29.6 Å². The third-order valence-electron chi connectivity index (χ3n) is 4.91. The predicted octanol–water partition coefficient (Wildman–Crippen LogP) is 5.75. The number of amides is 2. The molecule has 0 bridgehead atoms. The van der Waals surface area contributed by atoms with Gasteiger partial charge in [-0.2, -0.15) is 0 Å². The summed E-state index contributed by atoms with van der Waals surface area (Å²) in [5, 5.41) is 2.75. The Labute approximate surface area is 192 Å². The summed E-state index contributed by atoms with van der Waals surface area (Å²) in [4.78, 5) is 26.9. The molecule has 3 aromatic carbocycles. The van der Waals surface area contributed by atoms with Crippen molar-refractivity contribution in [1.82, 2.24) is 4.90 Å². The highest BCUT2D eigenvalue weighted by Gasteiger charge is 2.19. The molecule has 2 amide bonds. The molecule has 0 heterocycles. The largest absolute Gasteiger partial charge is 0.332 e. The fraction of sp³-hybridized carbons (Fsp3) is 0.231. The average Bonchev–Trinajstić information content (AvgIpc) is 2.79. The van der Waals surface area contributed by atoms with Crippen molar-refractivity contribution in [1.29, 1.82) is 0 Å². The normalized spacial score (nSPS) is 10.8. The molecule has 166 valence electrons. The molecule has 0 fully saturated rings. The molecule has 0 aliphatic heterocycles. The van der Waals surface area contributed by atoms with Crippen molar-refractivity contribution in [3.8, 4) is 0 Å². The number of halogens is 1. The van der Waals surface area contributed by atoms with E-state index in [9.17, 15) is 14.0 Å². The lowest BCUT2D eigenvalue weighted by Gasteiger charge is -2.27. The number of hydrogen-bond donors (Lipinski definition) is 1. The zero-order valence-electron chi connectivity index (χ0n) is 18.3. The Morgan fingerprint density at radius 3 is 2.19 bits per heavy atom. The fourth-order valence-corrected chi connectivity index (χ4v) is 3.96. The van der Waals surface area contributed by atoms with Crippen molar-refractivity contribution in [3.05, 3.63) is 101 Å². The molecule has 0 aliphatic carbocycles. The highest BCUT2D eigenvalue weighted by Crippen LogP contribution is 2.17. The van der Waals surface area contributed by atoms with Gasteiger partial charge in [0.1, 0.15) is 5.82 Å².